The highest BCUT2D eigenvalue weighted by molar-refractivity contribution is 6.15. The number of amides is 1. The van der Waals surface area contributed by atoms with Crippen molar-refractivity contribution in [1.29, 1.82) is 0 Å². The lowest BCUT2D eigenvalue weighted by Crippen LogP contribution is -2.29. The zero-order valence-electron chi connectivity index (χ0n) is 16.1. The maximum Gasteiger partial charge on any atom is 0.339 e. The average molecular weight is 399 g/mol. The molecule has 0 saturated heterocycles. The van der Waals surface area contributed by atoms with Crippen LogP contribution in [0.15, 0.2) is 42.5 Å². The number of anilines is 1. The SMILES string of the molecule is CCCNC(=O)COC(=O)c1ccccc1C(=O)c1ccc(NC)c([N+](=O)[O-])c1. The molecule has 0 aliphatic heterocycles. The van der Waals surface area contributed by atoms with E-state index in [-0.39, 0.29) is 28.1 Å². The van der Waals surface area contributed by atoms with E-state index in [1.807, 2.05) is 6.92 Å². The van der Waals surface area contributed by atoms with Crippen molar-refractivity contribution in [2.24, 2.45) is 0 Å². The number of carbonyl (C=O) groups is 3. The van der Waals surface area contributed by atoms with Crippen LogP contribution in [0.4, 0.5) is 11.4 Å². The Hall–Kier alpha value is -3.75. The van der Waals surface area contributed by atoms with Crippen LogP contribution < -0.4 is 10.6 Å². The van der Waals surface area contributed by atoms with Crippen LogP contribution in [-0.4, -0.2) is 42.8 Å². The fourth-order valence-electron chi connectivity index (χ4n) is 2.57. The molecule has 0 spiro atoms. The van der Waals surface area contributed by atoms with Crippen LogP contribution in [-0.2, 0) is 9.53 Å². The Morgan fingerprint density at radius 3 is 2.41 bits per heavy atom. The van der Waals surface area contributed by atoms with E-state index in [9.17, 15) is 24.5 Å². The van der Waals surface area contributed by atoms with E-state index in [4.69, 9.17) is 4.74 Å². The number of ether oxygens (including phenoxy) is 1. The zero-order valence-corrected chi connectivity index (χ0v) is 16.1. The van der Waals surface area contributed by atoms with E-state index >= 15 is 0 Å². The van der Waals surface area contributed by atoms with Gasteiger partial charge in [-0.3, -0.25) is 19.7 Å². The highest BCUT2D eigenvalue weighted by Crippen LogP contribution is 2.27. The van der Waals surface area contributed by atoms with E-state index in [1.165, 1.54) is 31.3 Å². The Labute approximate surface area is 167 Å². The van der Waals surface area contributed by atoms with Crippen molar-refractivity contribution in [2.75, 3.05) is 25.5 Å². The third kappa shape index (κ3) is 5.38. The number of rotatable bonds is 9. The van der Waals surface area contributed by atoms with Crippen LogP contribution in [0.5, 0.6) is 0 Å². The summed E-state index contributed by atoms with van der Waals surface area (Å²) in [6.07, 6.45) is 0.746. The van der Waals surface area contributed by atoms with Crippen molar-refractivity contribution in [2.45, 2.75) is 13.3 Å². The Morgan fingerprint density at radius 1 is 1.10 bits per heavy atom. The molecule has 1 amide bonds. The number of nitrogens with one attached hydrogen (secondary N) is 2. The third-order valence-corrected chi connectivity index (χ3v) is 4.02. The van der Waals surface area contributed by atoms with Crippen molar-refractivity contribution in [1.82, 2.24) is 5.32 Å². The second-order valence-corrected chi connectivity index (χ2v) is 6.04. The van der Waals surface area contributed by atoms with Gasteiger partial charge in [-0.15, -0.1) is 0 Å². The Bertz CT molecular complexity index is 942. The molecule has 0 bridgehead atoms. The lowest BCUT2D eigenvalue weighted by atomic mass is 9.97. The van der Waals surface area contributed by atoms with E-state index in [2.05, 4.69) is 10.6 Å². The lowest BCUT2D eigenvalue weighted by Gasteiger charge is -2.10. The van der Waals surface area contributed by atoms with Crippen LogP contribution in [0.1, 0.15) is 39.6 Å². The largest absolute Gasteiger partial charge is 0.452 e. The summed E-state index contributed by atoms with van der Waals surface area (Å²) in [6.45, 7) is 1.89. The normalized spacial score (nSPS) is 10.1. The molecule has 2 aromatic rings. The predicted octanol–water partition coefficient (Wildman–Crippen LogP) is 2.55. The van der Waals surface area contributed by atoms with Crippen molar-refractivity contribution in [3.8, 4) is 0 Å². The fraction of sp³-hybridized carbons (Fsp3) is 0.250. The summed E-state index contributed by atoms with van der Waals surface area (Å²) >= 11 is 0. The van der Waals surface area contributed by atoms with Crippen molar-refractivity contribution in [3.63, 3.8) is 0 Å². The minimum Gasteiger partial charge on any atom is -0.452 e. The number of hydrogen-bond donors (Lipinski definition) is 2. The van der Waals surface area contributed by atoms with Gasteiger partial charge in [0.15, 0.2) is 12.4 Å². The maximum atomic E-state index is 12.9. The average Bonchev–Trinajstić information content (AvgIpc) is 2.74. The molecule has 152 valence electrons. The number of nitro groups is 1. The van der Waals surface area contributed by atoms with Gasteiger partial charge >= 0.3 is 5.97 Å². The standard InChI is InChI=1S/C20H21N3O6/c1-3-10-22-18(24)12-29-20(26)15-7-5-4-6-14(15)19(25)13-8-9-16(21-2)17(11-13)23(27)28/h4-9,11,21H,3,10,12H2,1-2H3,(H,22,24). The molecule has 0 saturated carbocycles. The molecule has 2 N–H and O–H groups in total. The highest BCUT2D eigenvalue weighted by atomic mass is 16.6. The van der Waals surface area contributed by atoms with Gasteiger partial charge < -0.3 is 15.4 Å². The van der Waals surface area contributed by atoms with Crippen molar-refractivity contribution < 1.29 is 24.0 Å². The molecule has 0 aliphatic rings. The van der Waals surface area contributed by atoms with E-state index in [0.717, 1.165) is 12.5 Å². The van der Waals surface area contributed by atoms with Crippen LogP contribution in [0.3, 0.4) is 0 Å². The van der Waals surface area contributed by atoms with E-state index in [0.29, 0.717) is 6.54 Å². The molecule has 0 aromatic heterocycles. The molecule has 9 nitrogen and oxygen atoms in total. The van der Waals surface area contributed by atoms with Gasteiger partial charge in [-0.05, 0) is 24.6 Å². The third-order valence-electron chi connectivity index (χ3n) is 4.02. The smallest absolute Gasteiger partial charge is 0.339 e. The Balaban J connectivity index is 2.27. The number of nitrogens with zero attached hydrogens (tertiary/aromatic N) is 1. The number of hydrogen-bond acceptors (Lipinski definition) is 7. The minimum atomic E-state index is -0.832. The number of ketones is 1. The summed E-state index contributed by atoms with van der Waals surface area (Å²) in [7, 11) is 1.53. The molecular weight excluding hydrogens is 378 g/mol. The van der Waals surface area contributed by atoms with Crippen LogP contribution in [0.2, 0.25) is 0 Å². The van der Waals surface area contributed by atoms with Gasteiger partial charge in [0.25, 0.3) is 11.6 Å². The van der Waals surface area contributed by atoms with E-state index in [1.54, 1.807) is 12.1 Å². The van der Waals surface area contributed by atoms with Crippen LogP contribution in [0, 0.1) is 10.1 Å². The lowest BCUT2D eigenvalue weighted by molar-refractivity contribution is -0.384. The molecule has 0 fully saturated rings. The molecule has 2 rings (SSSR count). The van der Waals surface area contributed by atoms with Crippen molar-refractivity contribution >= 4 is 29.0 Å². The van der Waals surface area contributed by atoms with Crippen LogP contribution in [0.25, 0.3) is 0 Å². The van der Waals surface area contributed by atoms with Gasteiger partial charge in [0.1, 0.15) is 5.69 Å². The zero-order chi connectivity index (χ0) is 21.4. The van der Waals surface area contributed by atoms with Gasteiger partial charge in [0.2, 0.25) is 0 Å². The molecule has 0 atom stereocenters. The van der Waals surface area contributed by atoms with Gasteiger partial charge in [-0.25, -0.2) is 4.79 Å². The molecule has 0 unspecified atom stereocenters. The molecule has 0 radical (unpaired) electrons. The summed E-state index contributed by atoms with van der Waals surface area (Å²) in [5.41, 5.74) is 0.0547. The molecular formula is C20H21N3O6. The van der Waals surface area contributed by atoms with Gasteiger partial charge in [0, 0.05) is 30.8 Å². The first-order valence-corrected chi connectivity index (χ1v) is 8.92. The predicted molar refractivity (Wildman–Crippen MR) is 106 cm³/mol. The topological polar surface area (TPSA) is 128 Å². The first-order valence-electron chi connectivity index (χ1n) is 8.92. The number of carbonyl (C=O) groups excluding carboxylic acids is 3. The first-order chi connectivity index (χ1) is 13.9. The summed E-state index contributed by atoms with van der Waals surface area (Å²) in [6, 6.07) is 9.94. The minimum absolute atomic E-state index is 0.0259. The Kier molecular flexibility index (Phi) is 7.41. The fourth-order valence-corrected chi connectivity index (χ4v) is 2.57. The van der Waals surface area contributed by atoms with E-state index < -0.39 is 29.2 Å². The van der Waals surface area contributed by atoms with Crippen molar-refractivity contribution in [3.05, 3.63) is 69.3 Å². The van der Waals surface area contributed by atoms with Gasteiger partial charge in [0.05, 0.1) is 10.5 Å². The molecule has 0 aliphatic carbocycles. The first kappa shape index (κ1) is 21.5. The Morgan fingerprint density at radius 2 is 1.79 bits per heavy atom. The van der Waals surface area contributed by atoms with Gasteiger partial charge in [-0.2, -0.15) is 0 Å². The maximum absolute atomic E-state index is 12.9. The quantitative estimate of drug-likeness (QED) is 0.287. The number of nitro benzene ring substituents is 1. The highest BCUT2D eigenvalue weighted by Gasteiger charge is 2.22. The summed E-state index contributed by atoms with van der Waals surface area (Å²) in [5, 5.41) is 16.5. The summed E-state index contributed by atoms with van der Waals surface area (Å²) in [5.74, 6) is -1.84. The van der Waals surface area contributed by atoms with Gasteiger partial charge in [-0.1, -0.05) is 25.1 Å². The summed E-state index contributed by atoms with van der Waals surface area (Å²) < 4.78 is 4.99. The molecule has 2 aromatic carbocycles. The number of esters is 1. The molecule has 9 heteroatoms. The molecule has 0 heterocycles. The number of benzene rings is 2. The monoisotopic (exact) mass is 399 g/mol. The summed E-state index contributed by atoms with van der Waals surface area (Å²) in [4.78, 5) is 47.5. The second-order valence-electron chi connectivity index (χ2n) is 6.04. The molecule has 29 heavy (non-hydrogen) atoms. The van der Waals surface area contributed by atoms with Crippen LogP contribution >= 0.6 is 0 Å². The second kappa shape index (κ2) is 9.98.